The number of nitrogens with zero attached hydrogens (tertiary/aromatic N) is 1. The number of ether oxygens (including phenoxy) is 1. The Morgan fingerprint density at radius 2 is 2.25 bits per heavy atom. The third kappa shape index (κ3) is 2.83. The highest BCUT2D eigenvalue weighted by Crippen LogP contribution is 2.23. The van der Waals surface area contributed by atoms with Crippen LogP contribution in [0.4, 0.5) is 0 Å². The Labute approximate surface area is 103 Å². The van der Waals surface area contributed by atoms with Gasteiger partial charge in [-0.15, -0.1) is 0 Å². The van der Waals surface area contributed by atoms with Gasteiger partial charge >= 0.3 is 5.97 Å². The minimum atomic E-state index is -0.336. The largest absolute Gasteiger partial charge is 0.469 e. The normalized spacial score (nSPS) is 9.62. The first-order valence-electron chi connectivity index (χ1n) is 4.90. The zero-order chi connectivity index (χ0) is 12.1. The van der Waals surface area contributed by atoms with Crippen LogP contribution in [0.2, 0.25) is 0 Å². The van der Waals surface area contributed by atoms with Gasteiger partial charge in [0.05, 0.1) is 19.1 Å². The summed E-state index contributed by atoms with van der Waals surface area (Å²) in [5.74, 6) is -0.336. The van der Waals surface area contributed by atoms with Crippen molar-refractivity contribution in [3.63, 3.8) is 0 Å². The fourth-order valence-electron chi connectivity index (χ4n) is 1.42. The number of nitriles is 1. The zero-order valence-electron chi connectivity index (χ0n) is 9.21. The second-order valence-corrected chi connectivity index (χ2v) is 4.18. The van der Waals surface area contributed by atoms with Crippen molar-refractivity contribution in [2.75, 3.05) is 7.11 Å². The molecule has 0 aliphatic rings. The maximum atomic E-state index is 11.2. The van der Waals surface area contributed by atoms with Gasteiger partial charge in [0.1, 0.15) is 6.07 Å². The quantitative estimate of drug-likeness (QED) is 0.801. The van der Waals surface area contributed by atoms with E-state index in [9.17, 15) is 4.79 Å². The summed E-state index contributed by atoms with van der Waals surface area (Å²) in [6.07, 6.45) is 0.990. The van der Waals surface area contributed by atoms with Gasteiger partial charge < -0.3 is 4.74 Å². The lowest BCUT2D eigenvalue weighted by molar-refractivity contribution is -0.139. The van der Waals surface area contributed by atoms with Gasteiger partial charge in [0.25, 0.3) is 0 Å². The van der Waals surface area contributed by atoms with Crippen LogP contribution in [0.15, 0.2) is 16.6 Å². The molecule has 0 aliphatic heterocycles. The first kappa shape index (κ1) is 12.7. The molecule has 1 rings (SSSR count). The molecule has 0 unspecified atom stereocenters. The van der Waals surface area contributed by atoms with Gasteiger partial charge in [0.2, 0.25) is 0 Å². The molecule has 0 atom stereocenters. The highest BCUT2D eigenvalue weighted by Gasteiger charge is 2.12. The maximum Gasteiger partial charge on any atom is 0.310 e. The van der Waals surface area contributed by atoms with Gasteiger partial charge in [0, 0.05) is 4.47 Å². The molecule has 4 heteroatoms. The average molecular weight is 282 g/mol. The van der Waals surface area contributed by atoms with Crippen molar-refractivity contribution in [1.82, 2.24) is 0 Å². The van der Waals surface area contributed by atoms with Crippen molar-refractivity contribution < 1.29 is 9.53 Å². The van der Waals surface area contributed by atoms with Crippen LogP contribution in [0.5, 0.6) is 0 Å². The maximum absolute atomic E-state index is 11.2. The molecule has 0 amide bonds. The molecule has 3 nitrogen and oxygen atoms in total. The van der Waals surface area contributed by atoms with Gasteiger partial charge in [-0.05, 0) is 39.5 Å². The molecular formula is C12H12BrNO2. The van der Waals surface area contributed by atoms with E-state index in [0.29, 0.717) is 11.1 Å². The summed E-state index contributed by atoms with van der Waals surface area (Å²) in [6.45, 7) is 2.02. The molecule has 0 fully saturated rings. The number of esters is 1. The van der Waals surface area contributed by atoms with Crippen molar-refractivity contribution in [3.05, 3.63) is 33.3 Å². The second-order valence-electron chi connectivity index (χ2n) is 3.33. The highest BCUT2D eigenvalue weighted by atomic mass is 79.9. The Hall–Kier alpha value is -1.34. The van der Waals surface area contributed by atoms with E-state index in [4.69, 9.17) is 5.26 Å². The van der Waals surface area contributed by atoms with Gasteiger partial charge in [-0.3, -0.25) is 4.79 Å². The number of rotatable bonds is 3. The Morgan fingerprint density at radius 3 is 2.75 bits per heavy atom. The second kappa shape index (κ2) is 5.66. The highest BCUT2D eigenvalue weighted by molar-refractivity contribution is 9.10. The number of benzene rings is 1. The molecular weight excluding hydrogens is 270 g/mol. The van der Waals surface area contributed by atoms with E-state index in [1.54, 1.807) is 0 Å². The van der Waals surface area contributed by atoms with Crippen LogP contribution in [0.25, 0.3) is 0 Å². The Kier molecular flexibility index (Phi) is 4.51. The number of aryl methyl sites for hydroxylation is 1. The molecule has 0 saturated carbocycles. The Balaban J connectivity index is 3.19. The van der Waals surface area contributed by atoms with Crippen molar-refractivity contribution in [2.45, 2.75) is 19.8 Å². The molecule has 0 radical (unpaired) electrons. The third-order valence-corrected chi connectivity index (χ3v) is 2.94. The zero-order valence-corrected chi connectivity index (χ0v) is 10.8. The van der Waals surface area contributed by atoms with Crippen molar-refractivity contribution in [1.29, 1.82) is 5.26 Å². The molecule has 0 aromatic heterocycles. The smallest absolute Gasteiger partial charge is 0.310 e. The molecule has 0 saturated heterocycles. The van der Waals surface area contributed by atoms with E-state index in [0.717, 1.165) is 16.5 Å². The lowest BCUT2D eigenvalue weighted by Crippen LogP contribution is -2.07. The molecule has 0 spiro atoms. The average Bonchev–Trinajstić information content (AvgIpc) is 2.28. The van der Waals surface area contributed by atoms with Gasteiger partial charge in [0.15, 0.2) is 0 Å². The number of carbonyl (C=O) groups is 1. The van der Waals surface area contributed by atoms with Crippen molar-refractivity contribution in [2.24, 2.45) is 0 Å². The van der Waals surface area contributed by atoms with Crippen molar-refractivity contribution in [3.8, 4) is 6.07 Å². The van der Waals surface area contributed by atoms with Gasteiger partial charge in [-0.2, -0.15) is 5.26 Å². The monoisotopic (exact) mass is 281 g/mol. The number of methoxy groups -OCH3 is 1. The molecule has 0 aliphatic carbocycles. The molecule has 84 valence electrons. The minimum Gasteiger partial charge on any atom is -0.469 e. The Morgan fingerprint density at radius 1 is 1.56 bits per heavy atom. The molecule has 0 heterocycles. The summed E-state index contributed by atoms with van der Waals surface area (Å²) in [5, 5.41) is 9.02. The van der Waals surface area contributed by atoms with E-state index in [-0.39, 0.29) is 12.4 Å². The summed E-state index contributed by atoms with van der Waals surface area (Å²) in [5.41, 5.74) is 2.30. The van der Waals surface area contributed by atoms with Gasteiger partial charge in [-0.1, -0.05) is 13.0 Å². The molecule has 1 aromatic rings. The van der Waals surface area contributed by atoms with Crippen LogP contribution < -0.4 is 0 Å². The van der Waals surface area contributed by atoms with Crippen LogP contribution in [0, 0.1) is 11.3 Å². The number of hydrogen-bond donors (Lipinski definition) is 0. The van der Waals surface area contributed by atoms with E-state index in [1.165, 1.54) is 7.11 Å². The first-order chi connectivity index (χ1) is 7.62. The fourth-order valence-corrected chi connectivity index (χ4v) is 2.06. The summed E-state index contributed by atoms with van der Waals surface area (Å²) < 4.78 is 5.33. The van der Waals surface area contributed by atoms with E-state index < -0.39 is 0 Å². The fraction of sp³-hybridized carbons (Fsp3) is 0.333. The topological polar surface area (TPSA) is 50.1 Å². The lowest BCUT2D eigenvalue weighted by Gasteiger charge is -2.07. The van der Waals surface area contributed by atoms with Crippen molar-refractivity contribution >= 4 is 21.9 Å². The number of carbonyl (C=O) groups excluding carboxylic acids is 1. The predicted molar refractivity (Wildman–Crippen MR) is 64.0 cm³/mol. The van der Waals surface area contributed by atoms with Crippen LogP contribution in [0.3, 0.4) is 0 Å². The van der Waals surface area contributed by atoms with Crippen LogP contribution in [-0.4, -0.2) is 13.1 Å². The number of halogens is 1. The molecule has 0 N–H and O–H groups in total. The Bertz CT molecular complexity index is 449. The van der Waals surface area contributed by atoms with E-state index >= 15 is 0 Å². The molecule has 0 bridgehead atoms. The van der Waals surface area contributed by atoms with E-state index in [2.05, 4.69) is 26.7 Å². The minimum absolute atomic E-state index is 0.131. The third-order valence-electron chi connectivity index (χ3n) is 2.31. The van der Waals surface area contributed by atoms with E-state index in [1.807, 2.05) is 19.1 Å². The number of hydrogen-bond acceptors (Lipinski definition) is 3. The summed E-state index contributed by atoms with van der Waals surface area (Å²) in [4.78, 5) is 11.2. The SMILES string of the molecule is CCc1cc(Br)c(C#N)c(CC(=O)OC)c1. The van der Waals surface area contributed by atoms with Crippen LogP contribution in [0.1, 0.15) is 23.6 Å². The standard InChI is InChI=1S/C12H12BrNO2/c1-3-8-4-9(6-12(15)16-2)10(7-14)11(13)5-8/h4-5H,3,6H2,1-2H3. The van der Waals surface area contributed by atoms with Gasteiger partial charge in [-0.25, -0.2) is 0 Å². The summed E-state index contributed by atoms with van der Waals surface area (Å²) >= 11 is 3.34. The lowest BCUT2D eigenvalue weighted by atomic mass is 10.0. The predicted octanol–water partition coefficient (Wildman–Crippen LogP) is 2.60. The first-order valence-corrected chi connectivity index (χ1v) is 5.69. The molecule has 1 aromatic carbocycles. The summed E-state index contributed by atoms with van der Waals surface area (Å²) in [7, 11) is 1.34. The van der Waals surface area contributed by atoms with Crippen LogP contribution >= 0.6 is 15.9 Å². The van der Waals surface area contributed by atoms with Crippen LogP contribution in [-0.2, 0) is 22.4 Å². The molecule has 16 heavy (non-hydrogen) atoms. The summed E-state index contributed by atoms with van der Waals surface area (Å²) in [6, 6.07) is 5.87.